The number of piperidine rings is 1. The van der Waals surface area contributed by atoms with Crippen molar-refractivity contribution in [2.24, 2.45) is 5.92 Å². The minimum Gasteiger partial charge on any atom is -0.384 e. The summed E-state index contributed by atoms with van der Waals surface area (Å²) in [5.74, 6) is 0.0422. The van der Waals surface area contributed by atoms with Gasteiger partial charge in [-0.3, -0.25) is 0 Å². The number of rotatable bonds is 3. The average Bonchev–Trinajstić information content (AvgIpc) is 2.43. The summed E-state index contributed by atoms with van der Waals surface area (Å²) in [6.45, 7) is 2.11. The Labute approximate surface area is 126 Å². The Morgan fingerprint density at radius 1 is 1.60 bits per heavy atom. The van der Waals surface area contributed by atoms with E-state index in [2.05, 4.69) is 21.2 Å². The van der Waals surface area contributed by atoms with Gasteiger partial charge in [0.05, 0.1) is 11.1 Å². The lowest BCUT2D eigenvalue weighted by Crippen LogP contribution is -2.43. The van der Waals surface area contributed by atoms with Crippen LogP contribution in [0, 0.1) is 11.7 Å². The van der Waals surface area contributed by atoms with Crippen LogP contribution in [0.25, 0.3) is 0 Å². The third-order valence-electron chi connectivity index (χ3n) is 3.38. The Hall–Kier alpha value is -1.14. The van der Waals surface area contributed by atoms with Crippen molar-refractivity contribution in [1.29, 1.82) is 0 Å². The van der Waals surface area contributed by atoms with Gasteiger partial charge >= 0.3 is 6.03 Å². The number of hydrogen-bond acceptors (Lipinski definition) is 2. The van der Waals surface area contributed by atoms with Crippen LogP contribution in [0.3, 0.4) is 0 Å². The van der Waals surface area contributed by atoms with Crippen LogP contribution in [0.15, 0.2) is 22.7 Å². The highest BCUT2D eigenvalue weighted by Gasteiger charge is 2.23. The van der Waals surface area contributed by atoms with E-state index in [1.54, 1.807) is 24.1 Å². The molecule has 0 aromatic heterocycles. The Morgan fingerprint density at radius 2 is 2.40 bits per heavy atom. The summed E-state index contributed by atoms with van der Waals surface area (Å²) in [7, 11) is 1.68. The van der Waals surface area contributed by atoms with E-state index in [4.69, 9.17) is 4.74 Å². The maximum atomic E-state index is 13.1. The number of amides is 2. The summed E-state index contributed by atoms with van der Waals surface area (Å²) in [6.07, 6.45) is 2.06. The molecule has 2 rings (SSSR count). The molecule has 6 heteroatoms. The van der Waals surface area contributed by atoms with Crippen molar-refractivity contribution in [3.8, 4) is 0 Å². The third-order valence-corrected chi connectivity index (χ3v) is 3.99. The predicted molar refractivity (Wildman–Crippen MR) is 79.3 cm³/mol. The fourth-order valence-corrected chi connectivity index (χ4v) is 2.78. The van der Waals surface area contributed by atoms with E-state index >= 15 is 0 Å². The predicted octanol–water partition coefficient (Wildman–Crippen LogP) is 3.48. The molecular formula is C14H18BrFN2O2. The standard InChI is InChI=1S/C14H18BrFN2O2/c1-20-9-10-3-2-6-18(8-10)14(19)17-11-4-5-13(16)12(15)7-11/h4-5,7,10H,2-3,6,8-9H2,1H3,(H,17,19)/t10-/m1/s1. The lowest BCUT2D eigenvalue weighted by atomic mass is 9.99. The normalized spacial score (nSPS) is 18.9. The molecule has 0 unspecified atom stereocenters. The van der Waals surface area contributed by atoms with Crippen molar-refractivity contribution >= 4 is 27.6 Å². The molecule has 1 aliphatic heterocycles. The molecule has 0 aliphatic carbocycles. The molecule has 1 N–H and O–H groups in total. The number of urea groups is 1. The quantitative estimate of drug-likeness (QED) is 0.911. The maximum Gasteiger partial charge on any atom is 0.321 e. The molecular weight excluding hydrogens is 327 g/mol. The molecule has 1 aliphatic rings. The van der Waals surface area contributed by atoms with E-state index in [0.717, 1.165) is 19.4 Å². The summed E-state index contributed by atoms with van der Waals surface area (Å²) < 4.78 is 18.6. The van der Waals surface area contributed by atoms with Crippen molar-refractivity contribution in [2.45, 2.75) is 12.8 Å². The van der Waals surface area contributed by atoms with Crippen LogP contribution in [0.1, 0.15) is 12.8 Å². The highest BCUT2D eigenvalue weighted by atomic mass is 79.9. The van der Waals surface area contributed by atoms with Gasteiger partial charge in [0.15, 0.2) is 0 Å². The van der Waals surface area contributed by atoms with Crippen molar-refractivity contribution in [1.82, 2.24) is 4.90 Å². The van der Waals surface area contributed by atoms with Crippen molar-refractivity contribution in [3.63, 3.8) is 0 Å². The summed E-state index contributed by atoms with van der Waals surface area (Å²) in [4.78, 5) is 14.0. The SMILES string of the molecule is COC[C@@H]1CCCN(C(=O)Nc2ccc(F)c(Br)c2)C1. The molecule has 4 nitrogen and oxygen atoms in total. The molecule has 110 valence electrons. The summed E-state index contributed by atoms with van der Waals surface area (Å²) >= 11 is 3.11. The molecule has 1 atom stereocenters. The molecule has 1 saturated heterocycles. The Bertz CT molecular complexity index is 482. The number of nitrogens with one attached hydrogen (secondary N) is 1. The number of ether oxygens (including phenoxy) is 1. The summed E-state index contributed by atoms with van der Waals surface area (Å²) in [6, 6.07) is 4.28. The number of carbonyl (C=O) groups excluding carboxylic acids is 1. The fourth-order valence-electron chi connectivity index (χ4n) is 2.40. The molecule has 1 aromatic rings. The number of likely N-dealkylation sites (tertiary alicyclic amines) is 1. The van der Waals surface area contributed by atoms with Crippen LogP contribution in [0.5, 0.6) is 0 Å². The number of benzene rings is 1. The smallest absolute Gasteiger partial charge is 0.321 e. The summed E-state index contributed by atoms with van der Waals surface area (Å²) in [5.41, 5.74) is 0.581. The molecule has 0 spiro atoms. The fraction of sp³-hybridized carbons (Fsp3) is 0.500. The third kappa shape index (κ3) is 3.93. The maximum absolute atomic E-state index is 13.1. The second kappa shape index (κ2) is 7.04. The molecule has 0 bridgehead atoms. The molecule has 1 fully saturated rings. The van der Waals surface area contributed by atoms with Gasteiger partial charge in [-0.2, -0.15) is 0 Å². The van der Waals surface area contributed by atoms with Crippen LogP contribution >= 0.6 is 15.9 Å². The van der Waals surface area contributed by atoms with E-state index < -0.39 is 0 Å². The highest BCUT2D eigenvalue weighted by molar-refractivity contribution is 9.10. The van der Waals surface area contributed by atoms with Crippen molar-refractivity contribution in [2.75, 3.05) is 32.1 Å². The van der Waals surface area contributed by atoms with Crippen LogP contribution in [0.2, 0.25) is 0 Å². The Morgan fingerprint density at radius 3 is 3.10 bits per heavy atom. The number of nitrogens with zero attached hydrogens (tertiary/aromatic N) is 1. The lowest BCUT2D eigenvalue weighted by Gasteiger charge is -2.32. The van der Waals surface area contributed by atoms with Gasteiger partial charge in [-0.25, -0.2) is 9.18 Å². The molecule has 1 heterocycles. The summed E-state index contributed by atoms with van der Waals surface area (Å²) in [5, 5.41) is 2.79. The van der Waals surface area contributed by atoms with Gasteiger partial charge in [0.1, 0.15) is 5.82 Å². The zero-order valence-electron chi connectivity index (χ0n) is 11.4. The van der Waals surface area contributed by atoms with Gasteiger partial charge in [-0.1, -0.05) is 0 Å². The number of hydrogen-bond donors (Lipinski definition) is 1. The van der Waals surface area contributed by atoms with Crippen molar-refractivity contribution < 1.29 is 13.9 Å². The number of anilines is 1. The molecule has 2 amide bonds. The minimum absolute atomic E-state index is 0.149. The number of halogens is 2. The average molecular weight is 345 g/mol. The second-order valence-electron chi connectivity index (χ2n) is 4.97. The van der Waals surface area contributed by atoms with E-state index in [-0.39, 0.29) is 11.8 Å². The Kier molecular flexibility index (Phi) is 5.37. The highest BCUT2D eigenvalue weighted by Crippen LogP contribution is 2.21. The van der Waals surface area contributed by atoms with E-state index in [9.17, 15) is 9.18 Å². The topological polar surface area (TPSA) is 41.6 Å². The van der Waals surface area contributed by atoms with E-state index in [1.807, 2.05) is 0 Å². The van der Waals surface area contributed by atoms with Gasteiger partial charge < -0.3 is 15.0 Å². The number of methoxy groups -OCH3 is 1. The first-order chi connectivity index (χ1) is 9.60. The Balaban J connectivity index is 1.95. The first-order valence-electron chi connectivity index (χ1n) is 6.60. The molecule has 20 heavy (non-hydrogen) atoms. The van der Waals surface area contributed by atoms with E-state index in [0.29, 0.717) is 29.2 Å². The van der Waals surface area contributed by atoms with Crippen LogP contribution in [-0.4, -0.2) is 37.7 Å². The molecule has 0 saturated carbocycles. The van der Waals surface area contributed by atoms with Gasteiger partial charge in [-0.15, -0.1) is 0 Å². The van der Waals surface area contributed by atoms with Crippen LogP contribution < -0.4 is 5.32 Å². The first-order valence-corrected chi connectivity index (χ1v) is 7.39. The minimum atomic E-state index is -0.346. The largest absolute Gasteiger partial charge is 0.384 e. The molecule has 0 radical (unpaired) electrons. The van der Waals surface area contributed by atoms with Crippen LogP contribution in [0.4, 0.5) is 14.9 Å². The van der Waals surface area contributed by atoms with Gasteiger partial charge in [-0.05, 0) is 47.0 Å². The van der Waals surface area contributed by atoms with Crippen molar-refractivity contribution in [3.05, 3.63) is 28.5 Å². The van der Waals surface area contributed by atoms with Gasteiger partial charge in [0.25, 0.3) is 0 Å². The van der Waals surface area contributed by atoms with Crippen LogP contribution in [-0.2, 0) is 4.74 Å². The second-order valence-corrected chi connectivity index (χ2v) is 5.82. The van der Waals surface area contributed by atoms with Gasteiger partial charge in [0.2, 0.25) is 0 Å². The zero-order valence-corrected chi connectivity index (χ0v) is 13.0. The first kappa shape index (κ1) is 15.3. The van der Waals surface area contributed by atoms with Gasteiger partial charge in [0, 0.05) is 31.8 Å². The number of carbonyl (C=O) groups is 1. The monoisotopic (exact) mass is 344 g/mol. The zero-order chi connectivity index (χ0) is 14.5. The molecule has 1 aromatic carbocycles. The lowest BCUT2D eigenvalue weighted by molar-refractivity contribution is 0.104. The van der Waals surface area contributed by atoms with E-state index in [1.165, 1.54) is 6.07 Å².